The molecular weight excluding hydrogens is 262 g/mol. The fraction of sp³-hybridized carbons (Fsp3) is 0.500. The van der Waals surface area contributed by atoms with Crippen molar-refractivity contribution >= 4 is 21.9 Å². The van der Waals surface area contributed by atoms with Crippen molar-refractivity contribution in [2.45, 2.75) is 19.6 Å². The highest BCUT2D eigenvalue weighted by Crippen LogP contribution is 2.19. The quantitative estimate of drug-likeness (QED) is 0.621. The molecule has 82 valence electrons. The molecule has 0 aromatic carbocycles. The van der Waals surface area contributed by atoms with Crippen molar-refractivity contribution in [1.29, 1.82) is 0 Å². The standard InChI is InChI=1S/C10H12BrNO3/c1-2-14-10(13)9-3-7(11)4-12(9)5-8-6-15-8/h3-4,8H,2,5-6H2,1H3/t8-/m0/s1. The Morgan fingerprint density at radius 1 is 1.80 bits per heavy atom. The molecular formula is C10H12BrNO3. The lowest BCUT2D eigenvalue weighted by Gasteiger charge is -2.05. The van der Waals surface area contributed by atoms with Crippen LogP contribution in [-0.4, -0.2) is 29.9 Å². The molecule has 0 aliphatic carbocycles. The first-order valence-corrected chi connectivity index (χ1v) is 5.64. The lowest BCUT2D eigenvalue weighted by molar-refractivity contribution is 0.0513. The number of nitrogens with zero attached hydrogens (tertiary/aromatic N) is 1. The molecule has 5 heteroatoms. The van der Waals surface area contributed by atoms with E-state index in [2.05, 4.69) is 15.9 Å². The minimum absolute atomic E-state index is 0.248. The van der Waals surface area contributed by atoms with Crippen LogP contribution in [0.5, 0.6) is 0 Å². The second-order valence-electron chi connectivity index (χ2n) is 3.37. The Morgan fingerprint density at radius 3 is 3.13 bits per heavy atom. The average molecular weight is 274 g/mol. The monoisotopic (exact) mass is 273 g/mol. The molecule has 1 aliphatic rings. The van der Waals surface area contributed by atoms with E-state index in [9.17, 15) is 4.79 Å². The van der Waals surface area contributed by atoms with Gasteiger partial charge in [-0.1, -0.05) is 0 Å². The molecule has 1 aliphatic heterocycles. The zero-order valence-electron chi connectivity index (χ0n) is 8.40. The molecule has 0 N–H and O–H groups in total. The second kappa shape index (κ2) is 4.37. The van der Waals surface area contributed by atoms with Gasteiger partial charge in [0.15, 0.2) is 0 Å². The van der Waals surface area contributed by atoms with Gasteiger partial charge in [0.1, 0.15) is 5.69 Å². The maximum absolute atomic E-state index is 11.6. The number of rotatable bonds is 4. The van der Waals surface area contributed by atoms with Crippen molar-refractivity contribution < 1.29 is 14.3 Å². The predicted octanol–water partition coefficient (Wildman–Crippen LogP) is 1.83. The molecule has 2 rings (SSSR count). The van der Waals surface area contributed by atoms with Gasteiger partial charge in [-0.3, -0.25) is 0 Å². The van der Waals surface area contributed by atoms with Crippen molar-refractivity contribution in [2.75, 3.05) is 13.2 Å². The molecule has 1 atom stereocenters. The number of carbonyl (C=O) groups excluding carboxylic acids is 1. The van der Waals surface area contributed by atoms with Crippen molar-refractivity contribution in [3.05, 3.63) is 22.4 Å². The Kier molecular flexibility index (Phi) is 3.11. The summed E-state index contributed by atoms with van der Waals surface area (Å²) >= 11 is 3.34. The van der Waals surface area contributed by atoms with Crippen LogP contribution in [0.25, 0.3) is 0 Å². The molecule has 0 radical (unpaired) electrons. The summed E-state index contributed by atoms with van der Waals surface area (Å²) in [7, 11) is 0. The third kappa shape index (κ3) is 2.60. The van der Waals surface area contributed by atoms with E-state index in [1.54, 1.807) is 13.0 Å². The van der Waals surface area contributed by atoms with Crippen LogP contribution in [0, 0.1) is 0 Å². The third-order valence-electron chi connectivity index (χ3n) is 2.15. The summed E-state index contributed by atoms with van der Waals surface area (Å²) in [6.07, 6.45) is 2.12. The molecule has 1 fully saturated rings. The SMILES string of the molecule is CCOC(=O)c1cc(Br)cn1C[C@H]1CO1. The molecule has 0 amide bonds. The maximum atomic E-state index is 11.6. The minimum Gasteiger partial charge on any atom is -0.461 e. The first-order valence-electron chi connectivity index (χ1n) is 4.85. The molecule has 0 bridgehead atoms. The van der Waals surface area contributed by atoms with Gasteiger partial charge in [-0.25, -0.2) is 4.79 Å². The van der Waals surface area contributed by atoms with E-state index >= 15 is 0 Å². The summed E-state index contributed by atoms with van der Waals surface area (Å²) < 4.78 is 12.8. The second-order valence-corrected chi connectivity index (χ2v) is 4.29. The summed E-state index contributed by atoms with van der Waals surface area (Å²) in [6, 6.07) is 1.76. The van der Waals surface area contributed by atoms with Gasteiger partial charge in [-0.2, -0.15) is 0 Å². The summed E-state index contributed by atoms with van der Waals surface area (Å²) in [5.74, 6) is -0.288. The van der Waals surface area contributed by atoms with Crippen LogP contribution in [0.1, 0.15) is 17.4 Å². The van der Waals surface area contributed by atoms with E-state index in [1.165, 1.54) is 0 Å². The Hall–Kier alpha value is -0.810. The van der Waals surface area contributed by atoms with Crippen molar-refractivity contribution in [2.24, 2.45) is 0 Å². The van der Waals surface area contributed by atoms with E-state index in [0.29, 0.717) is 18.8 Å². The Morgan fingerprint density at radius 2 is 2.53 bits per heavy atom. The first kappa shape index (κ1) is 10.7. The molecule has 0 unspecified atom stereocenters. The number of ether oxygens (including phenoxy) is 2. The van der Waals surface area contributed by atoms with Gasteiger partial charge in [0.05, 0.1) is 25.9 Å². The highest BCUT2D eigenvalue weighted by atomic mass is 79.9. The van der Waals surface area contributed by atoms with Gasteiger partial charge < -0.3 is 14.0 Å². The molecule has 4 nitrogen and oxygen atoms in total. The van der Waals surface area contributed by atoms with Crippen LogP contribution in [0.4, 0.5) is 0 Å². The lowest BCUT2D eigenvalue weighted by atomic mass is 10.4. The highest BCUT2D eigenvalue weighted by Gasteiger charge is 2.25. The number of aromatic nitrogens is 1. The topological polar surface area (TPSA) is 43.8 Å². The summed E-state index contributed by atoms with van der Waals surface area (Å²) in [6.45, 7) is 3.67. The van der Waals surface area contributed by atoms with E-state index in [-0.39, 0.29) is 12.1 Å². The van der Waals surface area contributed by atoms with E-state index in [1.807, 2.05) is 10.8 Å². The molecule has 1 saturated heterocycles. The van der Waals surface area contributed by atoms with Crippen molar-refractivity contribution in [1.82, 2.24) is 4.57 Å². The van der Waals surface area contributed by atoms with Gasteiger partial charge in [0, 0.05) is 10.7 Å². The van der Waals surface area contributed by atoms with Gasteiger partial charge in [0.2, 0.25) is 0 Å². The largest absolute Gasteiger partial charge is 0.461 e. The van der Waals surface area contributed by atoms with Crippen molar-refractivity contribution in [3.8, 4) is 0 Å². The minimum atomic E-state index is -0.288. The van der Waals surface area contributed by atoms with Gasteiger partial charge >= 0.3 is 5.97 Å². The fourth-order valence-corrected chi connectivity index (χ4v) is 1.86. The average Bonchev–Trinajstić information content (AvgIpc) is 2.90. The first-order chi connectivity index (χ1) is 7.20. The zero-order valence-corrected chi connectivity index (χ0v) is 9.99. The van der Waals surface area contributed by atoms with Crippen LogP contribution < -0.4 is 0 Å². The highest BCUT2D eigenvalue weighted by molar-refractivity contribution is 9.10. The molecule has 1 aromatic heterocycles. The number of hydrogen-bond acceptors (Lipinski definition) is 3. The fourth-order valence-electron chi connectivity index (χ4n) is 1.39. The summed E-state index contributed by atoms with van der Waals surface area (Å²) in [5, 5.41) is 0. The van der Waals surface area contributed by atoms with E-state index < -0.39 is 0 Å². The van der Waals surface area contributed by atoms with Crippen LogP contribution in [-0.2, 0) is 16.0 Å². The van der Waals surface area contributed by atoms with Crippen LogP contribution in [0.15, 0.2) is 16.7 Å². The molecule has 0 saturated carbocycles. The van der Waals surface area contributed by atoms with Crippen LogP contribution >= 0.6 is 15.9 Å². The molecule has 15 heavy (non-hydrogen) atoms. The van der Waals surface area contributed by atoms with Crippen LogP contribution in [0.2, 0.25) is 0 Å². The van der Waals surface area contributed by atoms with Gasteiger partial charge in [-0.05, 0) is 28.9 Å². The summed E-state index contributed by atoms with van der Waals surface area (Å²) in [4.78, 5) is 11.6. The van der Waals surface area contributed by atoms with Gasteiger partial charge in [0.25, 0.3) is 0 Å². The Bertz CT molecular complexity index is 371. The maximum Gasteiger partial charge on any atom is 0.354 e. The zero-order chi connectivity index (χ0) is 10.8. The molecule has 0 spiro atoms. The van der Waals surface area contributed by atoms with Gasteiger partial charge in [-0.15, -0.1) is 0 Å². The number of epoxide rings is 1. The van der Waals surface area contributed by atoms with Crippen LogP contribution in [0.3, 0.4) is 0 Å². The van der Waals surface area contributed by atoms with E-state index in [0.717, 1.165) is 11.1 Å². The number of halogens is 1. The number of carbonyl (C=O) groups is 1. The third-order valence-corrected chi connectivity index (χ3v) is 2.58. The smallest absolute Gasteiger partial charge is 0.354 e. The summed E-state index contributed by atoms with van der Waals surface area (Å²) in [5.41, 5.74) is 0.569. The Labute approximate surface area is 96.3 Å². The number of hydrogen-bond donors (Lipinski definition) is 0. The molecule has 2 heterocycles. The Balaban J connectivity index is 2.15. The normalized spacial score (nSPS) is 18.9. The predicted molar refractivity (Wildman–Crippen MR) is 57.8 cm³/mol. The van der Waals surface area contributed by atoms with E-state index in [4.69, 9.17) is 9.47 Å². The number of esters is 1. The lowest BCUT2D eigenvalue weighted by Crippen LogP contribution is -2.13. The van der Waals surface area contributed by atoms with Crippen molar-refractivity contribution in [3.63, 3.8) is 0 Å². The molecule has 1 aromatic rings.